The lowest BCUT2D eigenvalue weighted by molar-refractivity contribution is 0.102. The zero-order valence-electron chi connectivity index (χ0n) is 9.40. The van der Waals surface area contributed by atoms with Crippen molar-refractivity contribution in [1.29, 1.82) is 0 Å². The Morgan fingerprint density at radius 2 is 1.94 bits per heavy atom. The predicted molar refractivity (Wildman–Crippen MR) is 75.6 cm³/mol. The molecular formula is C14H10BrFOS. The Hall–Kier alpha value is -1.13. The molecule has 0 amide bonds. The van der Waals surface area contributed by atoms with Crippen LogP contribution in [-0.4, -0.2) is 11.5 Å². The second-order valence-corrected chi connectivity index (χ2v) is 5.64. The molecule has 0 radical (unpaired) electrons. The van der Waals surface area contributed by atoms with Crippen molar-refractivity contribution in [2.75, 3.05) is 5.75 Å². The Bertz CT molecular complexity index is 571. The number of carbonyl (C=O) groups is 1. The van der Waals surface area contributed by atoms with E-state index in [1.54, 1.807) is 12.1 Å². The molecule has 4 heteroatoms. The van der Waals surface area contributed by atoms with Crippen LogP contribution in [0.4, 0.5) is 4.39 Å². The van der Waals surface area contributed by atoms with Crippen molar-refractivity contribution in [2.45, 2.75) is 4.90 Å². The molecule has 0 atom stereocenters. The van der Waals surface area contributed by atoms with Crippen molar-refractivity contribution < 1.29 is 9.18 Å². The number of Topliss-reactive ketones (excluding diaryl/α,β-unsaturated/α-hetero) is 1. The molecule has 0 aliphatic rings. The molecule has 0 saturated carbocycles. The Morgan fingerprint density at radius 1 is 1.17 bits per heavy atom. The van der Waals surface area contributed by atoms with Gasteiger partial charge in [0.2, 0.25) is 0 Å². The quantitative estimate of drug-likeness (QED) is 0.605. The fourth-order valence-electron chi connectivity index (χ4n) is 1.45. The van der Waals surface area contributed by atoms with Crippen LogP contribution >= 0.6 is 27.7 Å². The molecule has 0 aliphatic carbocycles. The molecule has 0 spiro atoms. The lowest BCUT2D eigenvalue weighted by atomic mass is 10.1. The maximum Gasteiger partial charge on any atom is 0.173 e. The van der Waals surface area contributed by atoms with Crippen LogP contribution in [0.2, 0.25) is 0 Å². The summed E-state index contributed by atoms with van der Waals surface area (Å²) in [5.74, 6) is -0.146. The number of carbonyl (C=O) groups excluding carboxylic acids is 1. The smallest absolute Gasteiger partial charge is 0.173 e. The molecule has 2 aromatic carbocycles. The van der Waals surface area contributed by atoms with Gasteiger partial charge in [0.05, 0.1) is 5.75 Å². The Morgan fingerprint density at radius 3 is 2.67 bits per heavy atom. The third kappa shape index (κ3) is 3.68. The van der Waals surface area contributed by atoms with Crippen LogP contribution in [0.25, 0.3) is 0 Å². The van der Waals surface area contributed by atoms with Gasteiger partial charge in [0.25, 0.3) is 0 Å². The molecule has 0 N–H and O–H groups in total. The summed E-state index contributed by atoms with van der Waals surface area (Å²) >= 11 is 4.82. The summed E-state index contributed by atoms with van der Waals surface area (Å²) in [6, 6.07) is 13.5. The second-order valence-electron chi connectivity index (χ2n) is 3.68. The molecule has 18 heavy (non-hydrogen) atoms. The lowest BCUT2D eigenvalue weighted by Crippen LogP contribution is -2.02. The zero-order valence-corrected chi connectivity index (χ0v) is 11.8. The fraction of sp³-hybridized carbons (Fsp3) is 0.0714. The standard InChI is InChI=1S/C14H10BrFOS/c15-11-4-2-6-13(8-11)18-9-14(17)10-3-1-5-12(16)7-10/h1-8H,9H2. The van der Waals surface area contributed by atoms with Gasteiger partial charge in [-0.05, 0) is 30.3 Å². The SMILES string of the molecule is O=C(CSc1cccc(Br)c1)c1cccc(F)c1. The highest BCUT2D eigenvalue weighted by atomic mass is 79.9. The van der Waals surface area contributed by atoms with Gasteiger partial charge in [0.1, 0.15) is 5.82 Å². The van der Waals surface area contributed by atoms with E-state index in [1.807, 2.05) is 24.3 Å². The molecule has 0 heterocycles. The summed E-state index contributed by atoms with van der Waals surface area (Å²) in [4.78, 5) is 12.9. The zero-order chi connectivity index (χ0) is 13.0. The fourth-order valence-corrected chi connectivity index (χ4v) is 2.85. The molecule has 0 saturated heterocycles. The Labute approximate surface area is 118 Å². The number of hydrogen-bond donors (Lipinski definition) is 0. The monoisotopic (exact) mass is 324 g/mol. The highest BCUT2D eigenvalue weighted by Gasteiger charge is 2.07. The molecule has 2 aromatic rings. The maximum absolute atomic E-state index is 13.0. The van der Waals surface area contributed by atoms with Crippen LogP contribution in [0.1, 0.15) is 10.4 Å². The minimum absolute atomic E-state index is 0.0699. The first-order chi connectivity index (χ1) is 8.65. The van der Waals surface area contributed by atoms with E-state index >= 15 is 0 Å². The molecule has 92 valence electrons. The first kappa shape index (κ1) is 13.3. The van der Waals surface area contributed by atoms with Crippen molar-refractivity contribution in [3.05, 3.63) is 64.4 Å². The first-order valence-corrected chi connectivity index (χ1v) is 7.10. The minimum atomic E-state index is -0.381. The number of hydrogen-bond acceptors (Lipinski definition) is 2. The average Bonchev–Trinajstić information content (AvgIpc) is 2.36. The van der Waals surface area contributed by atoms with Gasteiger partial charge in [-0.2, -0.15) is 0 Å². The molecule has 0 unspecified atom stereocenters. The molecule has 0 aliphatic heterocycles. The van der Waals surface area contributed by atoms with E-state index in [0.717, 1.165) is 9.37 Å². The van der Waals surface area contributed by atoms with Crippen molar-refractivity contribution in [3.63, 3.8) is 0 Å². The normalized spacial score (nSPS) is 10.3. The third-order valence-electron chi connectivity index (χ3n) is 2.31. The number of benzene rings is 2. The average molecular weight is 325 g/mol. The Kier molecular flexibility index (Phi) is 4.55. The number of rotatable bonds is 4. The van der Waals surface area contributed by atoms with Crippen molar-refractivity contribution >= 4 is 33.5 Å². The van der Waals surface area contributed by atoms with E-state index in [0.29, 0.717) is 11.3 Å². The van der Waals surface area contributed by atoms with Gasteiger partial charge in [-0.3, -0.25) is 4.79 Å². The van der Waals surface area contributed by atoms with E-state index in [4.69, 9.17) is 0 Å². The van der Waals surface area contributed by atoms with Crippen molar-refractivity contribution in [2.24, 2.45) is 0 Å². The lowest BCUT2D eigenvalue weighted by Gasteiger charge is -2.02. The van der Waals surface area contributed by atoms with Crippen LogP contribution in [0.15, 0.2) is 57.9 Å². The number of thioether (sulfide) groups is 1. The van der Waals surface area contributed by atoms with Gasteiger partial charge in [-0.25, -0.2) is 4.39 Å². The van der Waals surface area contributed by atoms with Gasteiger partial charge < -0.3 is 0 Å². The van der Waals surface area contributed by atoms with E-state index in [9.17, 15) is 9.18 Å². The minimum Gasteiger partial charge on any atom is -0.293 e. The predicted octanol–water partition coefficient (Wildman–Crippen LogP) is 4.56. The number of ketones is 1. The largest absolute Gasteiger partial charge is 0.293 e. The molecule has 0 bridgehead atoms. The second kappa shape index (κ2) is 6.16. The van der Waals surface area contributed by atoms with Crippen molar-refractivity contribution in [3.8, 4) is 0 Å². The highest BCUT2D eigenvalue weighted by Crippen LogP contribution is 2.22. The van der Waals surface area contributed by atoms with Gasteiger partial charge in [0, 0.05) is 14.9 Å². The summed E-state index contributed by atoms with van der Waals surface area (Å²) in [5, 5.41) is 0. The first-order valence-electron chi connectivity index (χ1n) is 5.32. The van der Waals surface area contributed by atoms with Crippen molar-refractivity contribution in [1.82, 2.24) is 0 Å². The Balaban J connectivity index is 2.00. The molecule has 0 aromatic heterocycles. The molecular weight excluding hydrogens is 315 g/mol. The van der Waals surface area contributed by atoms with Crippen LogP contribution in [0.5, 0.6) is 0 Å². The summed E-state index contributed by atoms with van der Waals surface area (Å²) in [6.07, 6.45) is 0. The summed E-state index contributed by atoms with van der Waals surface area (Å²) < 4.78 is 14.0. The maximum atomic E-state index is 13.0. The van der Waals surface area contributed by atoms with Gasteiger partial charge in [-0.1, -0.05) is 34.1 Å². The summed E-state index contributed by atoms with van der Waals surface area (Å²) in [6.45, 7) is 0. The van der Waals surface area contributed by atoms with Crippen LogP contribution < -0.4 is 0 Å². The van der Waals surface area contributed by atoms with E-state index in [1.165, 1.54) is 23.9 Å². The van der Waals surface area contributed by atoms with Gasteiger partial charge in [-0.15, -0.1) is 11.8 Å². The van der Waals surface area contributed by atoms with E-state index in [-0.39, 0.29) is 11.6 Å². The molecule has 1 nitrogen and oxygen atoms in total. The van der Waals surface area contributed by atoms with Gasteiger partial charge >= 0.3 is 0 Å². The molecule has 2 rings (SSSR count). The summed E-state index contributed by atoms with van der Waals surface area (Å²) in [7, 11) is 0. The van der Waals surface area contributed by atoms with E-state index in [2.05, 4.69) is 15.9 Å². The van der Waals surface area contributed by atoms with Gasteiger partial charge in [0.15, 0.2) is 5.78 Å². The summed E-state index contributed by atoms with van der Waals surface area (Å²) in [5.41, 5.74) is 0.414. The highest BCUT2D eigenvalue weighted by molar-refractivity contribution is 9.10. The number of halogens is 2. The van der Waals surface area contributed by atoms with E-state index < -0.39 is 0 Å². The van der Waals surface area contributed by atoms with Crippen LogP contribution in [0.3, 0.4) is 0 Å². The third-order valence-corrected chi connectivity index (χ3v) is 3.80. The van der Waals surface area contributed by atoms with Crippen LogP contribution in [-0.2, 0) is 0 Å². The van der Waals surface area contributed by atoms with Crippen LogP contribution in [0, 0.1) is 5.82 Å². The topological polar surface area (TPSA) is 17.1 Å². The molecule has 0 fully saturated rings.